The minimum Gasteiger partial charge on any atom is -0.359 e. The molecule has 72 valence electrons. The number of hydrogen-bond acceptors (Lipinski definition) is 3. The molecule has 2 aromatic rings. The lowest BCUT2D eigenvalue weighted by Crippen LogP contribution is -1.89. The maximum Gasteiger partial charge on any atom is 0.200 e. The van der Waals surface area contributed by atoms with Gasteiger partial charge in [-0.2, -0.15) is 0 Å². The summed E-state index contributed by atoms with van der Waals surface area (Å²) < 4.78 is 0. The number of nitrogens with zero attached hydrogens (tertiary/aromatic N) is 2. The molecular formula is C10H12N4. The molecule has 2 N–H and O–H groups in total. The SMILES string of the molecule is CNc1nc(-c2ccccn2)c(C)[nH]1. The predicted molar refractivity (Wildman–Crippen MR) is 56.1 cm³/mol. The molecule has 14 heavy (non-hydrogen) atoms. The molecule has 4 nitrogen and oxygen atoms in total. The summed E-state index contributed by atoms with van der Waals surface area (Å²) in [6.45, 7) is 1.98. The third-order valence-corrected chi connectivity index (χ3v) is 2.03. The van der Waals surface area contributed by atoms with Gasteiger partial charge < -0.3 is 10.3 Å². The van der Waals surface area contributed by atoms with Gasteiger partial charge in [-0.25, -0.2) is 4.98 Å². The van der Waals surface area contributed by atoms with Crippen molar-refractivity contribution in [3.8, 4) is 11.4 Å². The molecule has 0 saturated heterocycles. The smallest absolute Gasteiger partial charge is 0.200 e. The lowest BCUT2D eigenvalue weighted by Gasteiger charge is -1.95. The molecular weight excluding hydrogens is 176 g/mol. The van der Waals surface area contributed by atoms with Crippen molar-refractivity contribution >= 4 is 5.95 Å². The van der Waals surface area contributed by atoms with E-state index < -0.39 is 0 Å². The van der Waals surface area contributed by atoms with Crippen LogP contribution in [0.1, 0.15) is 5.69 Å². The van der Waals surface area contributed by atoms with E-state index in [1.807, 2.05) is 32.2 Å². The van der Waals surface area contributed by atoms with E-state index in [2.05, 4.69) is 20.3 Å². The van der Waals surface area contributed by atoms with Crippen LogP contribution in [0.25, 0.3) is 11.4 Å². The number of aromatic amines is 1. The highest BCUT2D eigenvalue weighted by molar-refractivity contribution is 5.59. The Morgan fingerprint density at radius 2 is 2.21 bits per heavy atom. The first-order valence-electron chi connectivity index (χ1n) is 4.47. The summed E-state index contributed by atoms with van der Waals surface area (Å²) in [6, 6.07) is 5.79. The van der Waals surface area contributed by atoms with Gasteiger partial charge in [-0.15, -0.1) is 0 Å². The van der Waals surface area contributed by atoms with Crippen LogP contribution in [0.4, 0.5) is 5.95 Å². The van der Waals surface area contributed by atoms with E-state index in [9.17, 15) is 0 Å². The molecule has 0 spiro atoms. The summed E-state index contributed by atoms with van der Waals surface area (Å²) in [5.41, 5.74) is 2.81. The maximum atomic E-state index is 4.37. The quantitative estimate of drug-likeness (QED) is 0.755. The van der Waals surface area contributed by atoms with Gasteiger partial charge in [-0.3, -0.25) is 4.98 Å². The third kappa shape index (κ3) is 1.46. The summed E-state index contributed by atoms with van der Waals surface area (Å²) in [7, 11) is 1.83. The molecule has 2 rings (SSSR count). The van der Waals surface area contributed by atoms with Crippen LogP contribution in [0, 0.1) is 6.92 Å². The monoisotopic (exact) mass is 188 g/mol. The van der Waals surface area contributed by atoms with Gasteiger partial charge >= 0.3 is 0 Å². The van der Waals surface area contributed by atoms with Crippen LogP contribution < -0.4 is 5.32 Å². The second kappa shape index (κ2) is 3.49. The number of aromatic nitrogens is 3. The lowest BCUT2D eigenvalue weighted by atomic mass is 10.2. The molecule has 0 fully saturated rings. The van der Waals surface area contributed by atoms with Gasteiger partial charge in [-0.1, -0.05) is 6.07 Å². The number of imidazole rings is 1. The highest BCUT2D eigenvalue weighted by Crippen LogP contribution is 2.19. The topological polar surface area (TPSA) is 53.6 Å². The number of H-pyrrole nitrogens is 1. The fraction of sp³-hybridized carbons (Fsp3) is 0.200. The molecule has 0 amide bonds. The fourth-order valence-electron chi connectivity index (χ4n) is 1.33. The van der Waals surface area contributed by atoms with Gasteiger partial charge in [0.2, 0.25) is 5.95 Å². The van der Waals surface area contributed by atoms with Crippen molar-refractivity contribution in [2.45, 2.75) is 6.92 Å². The summed E-state index contributed by atoms with van der Waals surface area (Å²) in [4.78, 5) is 11.7. The standard InChI is InChI=1S/C10H12N4/c1-7-9(14-10(11-2)13-7)8-5-3-4-6-12-8/h3-6H,1-2H3,(H2,11,13,14). The molecule has 0 saturated carbocycles. The number of aryl methyl sites for hydroxylation is 1. The van der Waals surface area contributed by atoms with Crippen molar-refractivity contribution in [3.05, 3.63) is 30.1 Å². The normalized spacial score (nSPS) is 10.1. The third-order valence-electron chi connectivity index (χ3n) is 2.03. The highest BCUT2D eigenvalue weighted by Gasteiger charge is 2.07. The molecule has 0 atom stereocenters. The van der Waals surface area contributed by atoms with E-state index >= 15 is 0 Å². The molecule has 4 heteroatoms. The first-order valence-corrected chi connectivity index (χ1v) is 4.47. The molecule has 2 heterocycles. The van der Waals surface area contributed by atoms with E-state index in [0.717, 1.165) is 23.0 Å². The van der Waals surface area contributed by atoms with Gasteiger partial charge in [0.25, 0.3) is 0 Å². The Hall–Kier alpha value is -1.84. The molecule has 0 aliphatic rings. The predicted octanol–water partition coefficient (Wildman–Crippen LogP) is 1.82. The van der Waals surface area contributed by atoms with E-state index in [1.54, 1.807) is 6.20 Å². The molecule has 0 aliphatic heterocycles. The van der Waals surface area contributed by atoms with Crippen LogP contribution in [0.2, 0.25) is 0 Å². The van der Waals surface area contributed by atoms with E-state index in [1.165, 1.54) is 0 Å². The highest BCUT2D eigenvalue weighted by atomic mass is 15.1. The van der Waals surface area contributed by atoms with E-state index in [-0.39, 0.29) is 0 Å². The van der Waals surface area contributed by atoms with Crippen molar-refractivity contribution in [3.63, 3.8) is 0 Å². The second-order valence-corrected chi connectivity index (χ2v) is 3.02. The minimum absolute atomic E-state index is 0.767. The molecule has 0 aromatic carbocycles. The molecule has 2 aromatic heterocycles. The summed E-state index contributed by atoms with van der Waals surface area (Å²) >= 11 is 0. The first kappa shape index (κ1) is 8.74. The van der Waals surface area contributed by atoms with Crippen molar-refractivity contribution in [2.75, 3.05) is 12.4 Å². The van der Waals surface area contributed by atoms with Crippen molar-refractivity contribution in [2.24, 2.45) is 0 Å². The molecule has 0 unspecified atom stereocenters. The number of hydrogen-bond donors (Lipinski definition) is 2. The zero-order valence-corrected chi connectivity index (χ0v) is 8.20. The first-order chi connectivity index (χ1) is 6.81. The van der Waals surface area contributed by atoms with Crippen LogP contribution in [-0.4, -0.2) is 22.0 Å². The summed E-state index contributed by atoms with van der Waals surface area (Å²) in [5, 5.41) is 2.96. The van der Waals surface area contributed by atoms with Crippen LogP contribution in [0.5, 0.6) is 0 Å². The average Bonchev–Trinajstić information content (AvgIpc) is 2.61. The minimum atomic E-state index is 0.767. The molecule has 0 radical (unpaired) electrons. The van der Waals surface area contributed by atoms with Gasteiger partial charge in [0, 0.05) is 18.9 Å². The zero-order chi connectivity index (χ0) is 9.97. The second-order valence-electron chi connectivity index (χ2n) is 3.02. The Morgan fingerprint density at radius 1 is 1.36 bits per heavy atom. The Labute approximate surface area is 82.4 Å². The number of anilines is 1. The van der Waals surface area contributed by atoms with Crippen LogP contribution >= 0.6 is 0 Å². The van der Waals surface area contributed by atoms with Crippen LogP contribution in [-0.2, 0) is 0 Å². The van der Waals surface area contributed by atoms with Crippen LogP contribution in [0.3, 0.4) is 0 Å². The molecule has 0 aliphatic carbocycles. The largest absolute Gasteiger partial charge is 0.359 e. The van der Waals surface area contributed by atoms with Gasteiger partial charge in [0.05, 0.1) is 5.69 Å². The maximum absolute atomic E-state index is 4.37. The fourth-order valence-corrected chi connectivity index (χ4v) is 1.33. The average molecular weight is 188 g/mol. The van der Waals surface area contributed by atoms with Gasteiger partial charge in [0.15, 0.2) is 0 Å². The number of rotatable bonds is 2. The van der Waals surface area contributed by atoms with Crippen molar-refractivity contribution in [1.82, 2.24) is 15.0 Å². The van der Waals surface area contributed by atoms with Crippen molar-refractivity contribution in [1.29, 1.82) is 0 Å². The van der Waals surface area contributed by atoms with Crippen LogP contribution in [0.15, 0.2) is 24.4 Å². The molecule has 0 bridgehead atoms. The van der Waals surface area contributed by atoms with Crippen molar-refractivity contribution < 1.29 is 0 Å². The Morgan fingerprint density at radius 3 is 2.79 bits per heavy atom. The Balaban J connectivity index is 2.46. The van der Waals surface area contributed by atoms with Gasteiger partial charge in [-0.05, 0) is 19.1 Å². The number of nitrogens with one attached hydrogen (secondary N) is 2. The number of pyridine rings is 1. The Kier molecular flexibility index (Phi) is 2.18. The summed E-state index contributed by atoms with van der Waals surface area (Å²) in [6.07, 6.45) is 1.77. The van der Waals surface area contributed by atoms with E-state index in [4.69, 9.17) is 0 Å². The lowest BCUT2D eigenvalue weighted by molar-refractivity contribution is 1.23. The Bertz CT molecular complexity index is 419. The summed E-state index contributed by atoms with van der Waals surface area (Å²) in [5.74, 6) is 0.767. The van der Waals surface area contributed by atoms with E-state index in [0.29, 0.717) is 0 Å². The zero-order valence-electron chi connectivity index (χ0n) is 8.20. The van der Waals surface area contributed by atoms with Gasteiger partial charge in [0.1, 0.15) is 5.69 Å².